The van der Waals surface area contributed by atoms with Crippen molar-refractivity contribution in [3.05, 3.63) is 29.5 Å². The second-order valence-electron chi connectivity index (χ2n) is 11.4. The van der Waals surface area contributed by atoms with Crippen LogP contribution in [0.4, 0.5) is 11.4 Å². The van der Waals surface area contributed by atoms with Gasteiger partial charge in [0.1, 0.15) is 0 Å². The molecule has 2 aliphatic rings. The van der Waals surface area contributed by atoms with E-state index in [1.807, 2.05) is 20.8 Å². The molecule has 0 spiro atoms. The summed E-state index contributed by atoms with van der Waals surface area (Å²) in [7, 11) is -6.22. The van der Waals surface area contributed by atoms with Crippen LogP contribution in [0.25, 0.3) is 0 Å². The molecule has 1 atom stereocenters. The van der Waals surface area contributed by atoms with Gasteiger partial charge in [0, 0.05) is 0 Å². The zero-order valence-corrected chi connectivity index (χ0v) is 23.4. The van der Waals surface area contributed by atoms with Crippen LogP contribution in [0.2, 0.25) is 0 Å². The number of hydrogen-bond acceptors (Lipinski definition) is 8. The van der Waals surface area contributed by atoms with Gasteiger partial charge in [-0.25, -0.2) is 0 Å². The average molecular weight is 529 g/mol. The number of amides is 1. The van der Waals surface area contributed by atoms with Crippen molar-refractivity contribution in [1.29, 1.82) is 0 Å². The van der Waals surface area contributed by atoms with Crippen molar-refractivity contribution in [2.45, 2.75) is 54.0 Å². The van der Waals surface area contributed by atoms with E-state index in [2.05, 4.69) is 35.6 Å². The number of nitrogens with one attached hydrogen (secondary N) is 2. The first-order valence-electron chi connectivity index (χ1n) is 11.4. The predicted octanol–water partition coefficient (Wildman–Crippen LogP) is 3.15. The molecule has 0 saturated carbocycles. The Bertz CT molecular complexity index is 1200. The summed E-state index contributed by atoms with van der Waals surface area (Å²) in [6.07, 6.45) is 1.76. The van der Waals surface area contributed by atoms with E-state index >= 15 is 0 Å². The Morgan fingerprint density at radius 1 is 1.23 bits per heavy atom. The fourth-order valence-corrected chi connectivity index (χ4v) is 6.58. The molecule has 0 saturated heterocycles. The van der Waals surface area contributed by atoms with E-state index in [0.29, 0.717) is 17.5 Å². The van der Waals surface area contributed by atoms with Crippen LogP contribution in [-0.4, -0.2) is 61.0 Å². The molecule has 3 rings (SSSR count). The number of nitrogens with zero attached hydrogens (tertiary/aromatic N) is 2. The zero-order valence-electron chi connectivity index (χ0n) is 21.6. The molecular formula is C23H37N4O6PS. The minimum atomic E-state index is -3.99. The van der Waals surface area contributed by atoms with Gasteiger partial charge in [-0.3, -0.25) is 0 Å². The summed E-state index contributed by atoms with van der Waals surface area (Å²) >= 11 is 0. The summed E-state index contributed by atoms with van der Waals surface area (Å²) in [5.74, 6) is -0.439. The van der Waals surface area contributed by atoms with Crippen molar-refractivity contribution in [3.8, 4) is 0 Å². The van der Waals surface area contributed by atoms with Crippen molar-refractivity contribution in [1.82, 2.24) is 4.90 Å². The monoisotopic (exact) mass is 528 g/mol. The molecule has 196 valence electrons. The van der Waals surface area contributed by atoms with Crippen LogP contribution in [0.3, 0.4) is 0 Å². The summed E-state index contributed by atoms with van der Waals surface area (Å²) in [5, 5.41) is 14.6. The van der Waals surface area contributed by atoms with Crippen LogP contribution in [-0.2, 0) is 19.3 Å². The minimum absolute atomic E-state index is 0.00537. The molecule has 0 fully saturated rings. The van der Waals surface area contributed by atoms with E-state index in [0.717, 1.165) is 12.7 Å². The second kappa shape index (κ2) is 9.03. The molecule has 1 aromatic carbocycles. The van der Waals surface area contributed by atoms with Gasteiger partial charge >= 0.3 is 208 Å². The fourth-order valence-electron chi connectivity index (χ4n) is 4.28. The van der Waals surface area contributed by atoms with Crippen LogP contribution in [0, 0.1) is 10.8 Å². The van der Waals surface area contributed by atoms with E-state index in [9.17, 15) is 23.2 Å². The first-order valence-corrected chi connectivity index (χ1v) is 15.1. The Balaban J connectivity index is 2.07. The van der Waals surface area contributed by atoms with Crippen LogP contribution in [0.15, 0.2) is 34.3 Å². The Morgan fingerprint density at radius 2 is 1.86 bits per heavy atom. The molecule has 2 heterocycles. The molecule has 0 aliphatic carbocycles. The molecule has 10 nitrogen and oxygen atoms in total. The summed E-state index contributed by atoms with van der Waals surface area (Å²) in [6, 6.07) is 4.00. The van der Waals surface area contributed by atoms with Gasteiger partial charge in [-0.05, 0) is 0 Å². The second-order valence-corrected chi connectivity index (χ2v) is 15.5. The van der Waals surface area contributed by atoms with Crippen LogP contribution < -0.4 is 15.3 Å². The topological polar surface area (TPSA) is 141 Å². The first-order chi connectivity index (χ1) is 15.9. The Hall–Kier alpha value is -2.20. The van der Waals surface area contributed by atoms with Gasteiger partial charge in [-0.1, -0.05) is 0 Å². The van der Waals surface area contributed by atoms with E-state index in [4.69, 9.17) is 4.52 Å². The van der Waals surface area contributed by atoms with Gasteiger partial charge in [0.2, 0.25) is 0 Å². The van der Waals surface area contributed by atoms with Gasteiger partial charge in [0.15, 0.2) is 0 Å². The number of sulfonamides is 1. The normalized spacial score (nSPS) is 21.4. The van der Waals surface area contributed by atoms with Crippen molar-refractivity contribution in [2.75, 3.05) is 29.9 Å². The van der Waals surface area contributed by atoms with Crippen LogP contribution >= 0.6 is 7.87 Å². The molecule has 4 N–H and O–H groups in total. The number of rotatable bonds is 6. The third-order valence-corrected chi connectivity index (χ3v) is 8.75. The van der Waals surface area contributed by atoms with Gasteiger partial charge in [0.05, 0.1) is 0 Å². The van der Waals surface area contributed by atoms with E-state index < -0.39 is 29.3 Å². The van der Waals surface area contributed by atoms with Gasteiger partial charge in [-0.15, -0.1) is 0 Å². The molecule has 2 aliphatic heterocycles. The number of amidine groups is 1. The quantitative estimate of drug-likeness (QED) is 0.416. The standard InChI is InChI=1S/C23H37N4O6PS/c1-22(2,3)11-12-27-19(23(4,5)6)18(28)17(21(27)29)20-24-15-10-9-14(26-35(8,31)32)13-16(15)34(30,25-20)33-7/h9-10,13,19,26,28,30,34H,11-12H2,1-8H3,(H,24,25)/t19-/m1/s1. The summed E-state index contributed by atoms with van der Waals surface area (Å²) < 4.78 is 35.5. The number of aliphatic hydroxyl groups is 1. The molecule has 0 radical (unpaired) electrons. The average Bonchev–Trinajstić information content (AvgIpc) is 2.94. The van der Waals surface area contributed by atoms with Crippen molar-refractivity contribution < 1.29 is 27.7 Å². The number of carbonyl (C=O) groups is 1. The maximum atomic E-state index is 13.6. The Morgan fingerprint density at radius 3 is 2.37 bits per heavy atom. The fraction of sp³-hybridized carbons (Fsp3) is 0.565. The molecule has 35 heavy (non-hydrogen) atoms. The van der Waals surface area contributed by atoms with Crippen LogP contribution in [0.5, 0.6) is 0 Å². The molecule has 0 bridgehead atoms. The van der Waals surface area contributed by atoms with Crippen LogP contribution in [0.1, 0.15) is 48.0 Å². The first kappa shape index (κ1) is 27.4. The van der Waals surface area contributed by atoms with Crippen molar-refractivity contribution in [3.63, 3.8) is 0 Å². The van der Waals surface area contributed by atoms with E-state index in [1.165, 1.54) is 19.2 Å². The number of aliphatic hydroxyl groups excluding tert-OH is 1. The molecule has 12 heteroatoms. The van der Waals surface area contributed by atoms with E-state index in [-0.39, 0.29) is 34.2 Å². The summed E-state index contributed by atoms with van der Waals surface area (Å²) in [4.78, 5) is 26.6. The third kappa shape index (κ3) is 5.80. The van der Waals surface area contributed by atoms with Gasteiger partial charge in [0.25, 0.3) is 0 Å². The van der Waals surface area contributed by atoms with E-state index in [1.54, 1.807) is 11.0 Å². The number of anilines is 2. The number of hydrogen-bond donors (Lipinski definition) is 4. The molecular weight excluding hydrogens is 491 g/mol. The Kier molecular flexibility index (Phi) is 7.07. The third-order valence-electron chi connectivity index (χ3n) is 5.94. The summed E-state index contributed by atoms with van der Waals surface area (Å²) in [6.45, 7) is 12.6. The number of carbonyl (C=O) groups excluding carboxylic acids is 1. The molecule has 1 amide bonds. The molecule has 1 aromatic rings. The zero-order chi connectivity index (χ0) is 26.6. The van der Waals surface area contributed by atoms with Crippen molar-refractivity contribution in [2.24, 2.45) is 15.6 Å². The molecule has 0 aromatic heterocycles. The number of fused-ring (bicyclic) bond motifs is 1. The number of benzene rings is 1. The Labute approximate surface area is 208 Å². The summed E-state index contributed by atoms with van der Waals surface area (Å²) in [5.41, 5.74) is 0.203. The molecule has 0 unspecified atom stereocenters. The SMILES string of the molecule is CO[PH]1(O)N=C(C2=C(O)[C@H](C(C)(C)C)N(CCC(C)(C)C)C2=O)Nc2ccc(NS(C)(=O)=O)cc21. The van der Waals surface area contributed by atoms with Crippen molar-refractivity contribution >= 4 is 46.3 Å². The van der Waals surface area contributed by atoms with Gasteiger partial charge in [-0.2, -0.15) is 0 Å². The predicted molar refractivity (Wildman–Crippen MR) is 142 cm³/mol. The maximum absolute atomic E-state index is 13.6. The van der Waals surface area contributed by atoms with Gasteiger partial charge < -0.3 is 0 Å².